The van der Waals surface area contributed by atoms with E-state index >= 15 is 0 Å². The van der Waals surface area contributed by atoms with Crippen LogP contribution in [-0.2, 0) is 4.74 Å². The zero-order valence-corrected chi connectivity index (χ0v) is 15.3. The monoisotopic (exact) mass is 376 g/mol. The topological polar surface area (TPSA) is 65.2 Å². The molecule has 2 heterocycles. The van der Waals surface area contributed by atoms with Gasteiger partial charge in [-0.15, -0.1) is 21.5 Å². The second kappa shape index (κ2) is 7.55. The molecule has 1 atom stereocenters. The Hall–Kier alpha value is -3.25. The summed E-state index contributed by atoms with van der Waals surface area (Å²) >= 11 is 1.51. The first kappa shape index (κ1) is 17.2. The van der Waals surface area contributed by atoms with Crippen LogP contribution in [0.25, 0.3) is 21.9 Å². The predicted molar refractivity (Wildman–Crippen MR) is 103 cm³/mol. The molecule has 0 saturated heterocycles. The number of thiophene rings is 1. The van der Waals surface area contributed by atoms with Gasteiger partial charge in [-0.3, -0.25) is 0 Å². The predicted octanol–water partition coefficient (Wildman–Crippen LogP) is 5.38. The van der Waals surface area contributed by atoms with Crippen LogP contribution < -0.4 is 0 Å². The van der Waals surface area contributed by atoms with E-state index in [-0.39, 0.29) is 5.89 Å². The quantitative estimate of drug-likeness (QED) is 0.437. The maximum Gasteiger partial charge on any atom is 0.338 e. The van der Waals surface area contributed by atoms with Crippen LogP contribution in [-0.4, -0.2) is 16.2 Å². The summed E-state index contributed by atoms with van der Waals surface area (Å²) in [6, 6.07) is 21.1. The first-order chi connectivity index (χ1) is 13.2. The van der Waals surface area contributed by atoms with Crippen molar-refractivity contribution >= 4 is 17.3 Å². The Morgan fingerprint density at radius 3 is 2.41 bits per heavy atom. The summed E-state index contributed by atoms with van der Waals surface area (Å²) in [6.45, 7) is 1.71. The van der Waals surface area contributed by atoms with Crippen molar-refractivity contribution in [2.75, 3.05) is 0 Å². The van der Waals surface area contributed by atoms with E-state index in [4.69, 9.17) is 9.15 Å². The molecule has 0 unspecified atom stereocenters. The highest BCUT2D eigenvalue weighted by Crippen LogP contribution is 2.26. The van der Waals surface area contributed by atoms with E-state index in [2.05, 4.69) is 10.2 Å². The molecule has 0 aliphatic rings. The minimum absolute atomic E-state index is 0.271. The number of nitrogens with zero attached hydrogens (tertiary/aromatic N) is 2. The van der Waals surface area contributed by atoms with E-state index < -0.39 is 12.1 Å². The zero-order valence-electron chi connectivity index (χ0n) is 14.5. The van der Waals surface area contributed by atoms with Gasteiger partial charge in [0.2, 0.25) is 0 Å². The van der Waals surface area contributed by atoms with Crippen LogP contribution in [0.1, 0.15) is 29.3 Å². The van der Waals surface area contributed by atoms with Crippen molar-refractivity contribution in [3.8, 4) is 21.9 Å². The molecule has 0 spiro atoms. The first-order valence-corrected chi connectivity index (χ1v) is 9.32. The van der Waals surface area contributed by atoms with Crippen molar-refractivity contribution in [3.63, 3.8) is 0 Å². The Morgan fingerprint density at radius 1 is 0.963 bits per heavy atom. The third-order valence-corrected chi connectivity index (χ3v) is 4.89. The summed E-state index contributed by atoms with van der Waals surface area (Å²) in [6.07, 6.45) is -0.632. The molecule has 0 N–H and O–H groups in total. The largest absolute Gasteiger partial charge is 0.449 e. The Balaban J connectivity index is 1.44. The molecule has 0 amide bonds. The van der Waals surface area contributed by atoms with Gasteiger partial charge in [0.1, 0.15) is 0 Å². The number of carbonyl (C=O) groups is 1. The molecular formula is C21H16N2O3S. The number of hydrogen-bond acceptors (Lipinski definition) is 6. The third-order valence-electron chi connectivity index (χ3n) is 4.03. The lowest BCUT2D eigenvalue weighted by molar-refractivity contribution is 0.0280. The highest BCUT2D eigenvalue weighted by atomic mass is 32.1. The van der Waals surface area contributed by atoms with Gasteiger partial charge in [-0.2, -0.15) is 0 Å². The number of ether oxygens (including phenoxy) is 1. The van der Waals surface area contributed by atoms with Crippen molar-refractivity contribution in [1.29, 1.82) is 0 Å². The maximum atomic E-state index is 12.4. The lowest BCUT2D eigenvalue weighted by Crippen LogP contribution is -2.09. The molecule has 0 bridgehead atoms. The van der Waals surface area contributed by atoms with Crippen LogP contribution in [0.5, 0.6) is 0 Å². The van der Waals surface area contributed by atoms with Crippen LogP contribution in [0, 0.1) is 0 Å². The third kappa shape index (κ3) is 3.80. The Labute approximate surface area is 160 Å². The summed E-state index contributed by atoms with van der Waals surface area (Å²) in [5, 5.41) is 9.93. The second-order valence-corrected chi connectivity index (χ2v) is 6.86. The van der Waals surface area contributed by atoms with Crippen LogP contribution in [0.2, 0.25) is 0 Å². The lowest BCUT2D eigenvalue weighted by Gasteiger charge is -2.10. The first-order valence-electron chi connectivity index (χ1n) is 8.44. The smallest absolute Gasteiger partial charge is 0.338 e. The molecule has 27 heavy (non-hydrogen) atoms. The molecule has 4 aromatic rings. The van der Waals surface area contributed by atoms with Crippen LogP contribution in [0.3, 0.4) is 0 Å². The average molecular weight is 376 g/mol. The van der Waals surface area contributed by atoms with Crippen LogP contribution in [0.4, 0.5) is 0 Å². The molecule has 4 rings (SSSR count). The fourth-order valence-corrected chi connectivity index (χ4v) is 3.25. The van der Waals surface area contributed by atoms with Gasteiger partial charge in [0.15, 0.2) is 6.10 Å². The maximum absolute atomic E-state index is 12.4. The molecular weight excluding hydrogens is 360 g/mol. The zero-order chi connectivity index (χ0) is 18.6. The van der Waals surface area contributed by atoms with E-state index in [1.165, 1.54) is 11.3 Å². The summed E-state index contributed by atoms with van der Waals surface area (Å²) in [5.74, 6) is 0.265. The minimum atomic E-state index is -0.632. The number of hydrogen-bond donors (Lipinski definition) is 0. The molecule has 6 heteroatoms. The minimum Gasteiger partial charge on any atom is -0.449 e. The second-order valence-electron chi connectivity index (χ2n) is 5.91. The van der Waals surface area contributed by atoms with Gasteiger partial charge in [-0.25, -0.2) is 4.79 Å². The van der Waals surface area contributed by atoms with Crippen molar-refractivity contribution in [1.82, 2.24) is 10.2 Å². The molecule has 0 saturated carbocycles. The van der Waals surface area contributed by atoms with Crippen LogP contribution in [0.15, 0.2) is 76.5 Å². The van der Waals surface area contributed by atoms with Gasteiger partial charge in [0.05, 0.1) is 10.4 Å². The van der Waals surface area contributed by atoms with E-state index in [1.54, 1.807) is 19.1 Å². The highest BCUT2D eigenvalue weighted by Gasteiger charge is 2.20. The van der Waals surface area contributed by atoms with Gasteiger partial charge >= 0.3 is 5.97 Å². The normalized spacial score (nSPS) is 11.9. The van der Waals surface area contributed by atoms with Gasteiger partial charge in [-0.1, -0.05) is 48.5 Å². The Morgan fingerprint density at radius 2 is 1.70 bits per heavy atom. The summed E-state index contributed by atoms with van der Waals surface area (Å²) in [4.78, 5) is 13.3. The molecule has 0 radical (unpaired) electrons. The van der Waals surface area contributed by atoms with E-state index in [0.29, 0.717) is 11.5 Å². The van der Waals surface area contributed by atoms with Crippen molar-refractivity contribution in [2.24, 2.45) is 0 Å². The summed E-state index contributed by atoms with van der Waals surface area (Å²) in [5.41, 5.74) is 2.61. The lowest BCUT2D eigenvalue weighted by atomic mass is 10.0. The molecule has 2 aromatic carbocycles. The Kier molecular flexibility index (Phi) is 4.80. The fourth-order valence-electron chi connectivity index (χ4n) is 2.61. The van der Waals surface area contributed by atoms with E-state index in [0.717, 1.165) is 16.0 Å². The number of rotatable bonds is 5. The van der Waals surface area contributed by atoms with Crippen molar-refractivity contribution < 1.29 is 13.9 Å². The number of esters is 1. The molecule has 0 aliphatic carbocycles. The molecule has 0 fully saturated rings. The highest BCUT2D eigenvalue weighted by molar-refractivity contribution is 7.13. The summed E-state index contributed by atoms with van der Waals surface area (Å²) < 4.78 is 11.1. The SMILES string of the molecule is C[C@@H](OC(=O)c1ccc(-c2ccccc2)cc1)c1nnc(-c2cccs2)o1. The van der Waals surface area contributed by atoms with Crippen molar-refractivity contribution in [3.05, 3.63) is 83.6 Å². The van der Waals surface area contributed by atoms with Crippen molar-refractivity contribution in [2.45, 2.75) is 13.0 Å². The average Bonchev–Trinajstić information content (AvgIpc) is 3.40. The van der Waals surface area contributed by atoms with Crippen LogP contribution >= 0.6 is 11.3 Å². The fraction of sp³-hybridized carbons (Fsp3) is 0.0952. The molecule has 5 nitrogen and oxygen atoms in total. The van der Waals surface area contributed by atoms with E-state index in [9.17, 15) is 4.79 Å². The number of benzene rings is 2. The molecule has 134 valence electrons. The Bertz CT molecular complexity index is 1030. The van der Waals surface area contributed by atoms with Gasteiger partial charge in [0.25, 0.3) is 11.8 Å². The molecule has 2 aromatic heterocycles. The number of carbonyl (C=O) groups excluding carboxylic acids is 1. The standard InChI is InChI=1S/C21H16N2O3S/c1-14(19-22-23-20(26-19)18-8-5-13-27-18)25-21(24)17-11-9-16(10-12-17)15-6-3-2-4-7-15/h2-14H,1H3/t14-/m1/s1. The molecule has 0 aliphatic heterocycles. The summed E-state index contributed by atoms with van der Waals surface area (Å²) in [7, 11) is 0. The van der Waals surface area contributed by atoms with Gasteiger partial charge in [0, 0.05) is 0 Å². The number of aromatic nitrogens is 2. The van der Waals surface area contributed by atoms with Gasteiger partial charge in [-0.05, 0) is 41.6 Å². The van der Waals surface area contributed by atoms with Gasteiger partial charge < -0.3 is 9.15 Å². The van der Waals surface area contributed by atoms with E-state index in [1.807, 2.05) is 60.0 Å².